The minimum Gasteiger partial charge on any atom is -0.469 e. The summed E-state index contributed by atoms with van der Waals surface area (Å²) in [5, 5.41) is 3.28. The molecular weight excluding hydrogens is 818 g/mol. The van der Waals surface area contributed by atoms with Crippen molar-refractivity contribution in [1.29, 1.82) is 0 Å². The SMILES string of the molecule is COC(=O)C12CCCC1CN(Cc1ccccc1)C2.COC(=O)C12CCCC1CN(c1ncc(Br)cn1)C2.COC(=O)C12CCCC1CNC2.COC(=O)C1=CCCC1. The fraction of sp³-hybridized carbons (Fsp3) is 0.644. The molecule has 3 aliphatic heterocycles. The van der Waals surface area contributed by atoms with Crippen molar-refractivity contribution in [2.24, 2.45) is 34.0 Å². The first-order chi connectivity index (χ1) is 28.5. The molecule has 13 nitrogen and oxygen atoms in total. The van der Waals surface area contributed by atoms with Crippen LogP contribution in [0, 0.1) is 34.0 Å². The Morgan fingerprint density at radius 3 is 1.92 bits per heavy atom. The van der Waals surface area contributed by atoms with E-state index in [9.17, 15) is 19.2 Å². The van der Waals surface area contributed by atoms with Crippen molar-refractivity contribution in [3.63, 3.8) is 0 Å². The van der Waals surface area contributed by atoms with Gasteiger partial charge in [0.05, 0.1) is 49.2 Å². The Labute approximate surface area is 357 Å². The summed E-state index contributed by atoms with van der Waals surface area (Å²) >= 11 is 3.33. The molecule has 6 unspecified atom stereocenters. The smallest absolute Gasteiger partial charge is 0.333 e. The number of carbonyl (C=O) groups excluding carboxylic acids is 4. The number of allylic oxidation sites excluding steroid dienone is 1. The van der Waals surface area contributed by atoms with Crippen LogP contribution in [0.3, 0.4) is 0 Å². The van der Waals surface area contributed by atoms with Crippen LogP contribution < -0.4 is 10.2 Å². The lowest BCUT2D eigenvalue weighted by Gasteiger charge is -2.25. The molecule has 0 radical (unpaired) electrons. The van der Waals surface area contributed by atoms with Gasteiger partial charge in [-0.2, -0.15) is 0 Å². The zero-order valence-corrected chi connectivity index (χ0v) is 36.8. The molecule has 1 aromatic heterocycles. The molecular formula is C45H62BrN5O8. The summed E-state index contributed by atoms with van der Waals surface area (Å²) in [4.78, 5) is 59.8. The number of carbonyl (C=O) groups is 4. The van der Waals surface area contributed by atoms with Gasteiger partial charge in [-0.3, -0.25) is 19.3 Å². The number of hydrogen-bond acceptors (Lipinski definition) is 13. The number of nitrogens with zero attached hydrogens (tertiary/aromatic N) is 4. The van der Waals surface area contributed by atoms with E-state index < -0.39 is 0 Å². The average molecular weight is 881 g/mol. The molecule has 0 bridgehead atoms. The molecule has 3 saturated carbocycles. The van der Waals surface area contributed by atoms with E-state index in [1.807, 2.05) is 12.1 Å². The molecule has 2 aromatic rings. The van der Waals surface area contributed by atoms with Crippen LogP contribution in [0.25, 0.3) is 0 Å². The van der Waals surface area contributed by atoms with E-state index in [1.165, 1.54) is 59.7 Å². The number of nitrogens with one attached hydrogen (secondary N) is 1. The maximum absolute atomic E-state index is 12.2. The number of rotatable bonds is 7. The largest absolute Gasteiger partial charge is 0.469 e. The van der Waals surface area contributed by atoms with E-state index in [0.717, 1.165) is 101 Å². The van der Waals surface area contributed by atoms with Crippen LogP contribution >= 0.6 is 15.9 Å². The van der Waals surface area contributed by atoms with Gasteiger partial charge in [0.15, 0.2) is 0 Å². The number of fused-ring (bicyclic) bond motifs is 3. The van der Waals surface area contributed by atoms with Gasteiger partial charge in [0.1, 0.15) is 0 Å². The van der Waals surface area contributed by atoms with Crippen molar-refractivity contribution >= 4 is 45.8 Å². The Bertz CT molecular complexity index is 1790. The molecule has 0 spiro atoms. The average Bonchev–Trinajstić information content (AvgIpc) is 4.11. The number of esters is 4. The third-order valence-electron chi connectivity index (χ3n) is 14.0. The van der Waals surface area contributed by atoms with Crippen molar-refractivity contribution in [3.8, 4) is 0 Å². The number of anilines is 1. The first-order valence-corrected chi connectivity index (χ1v) is 22.1. The van der Waals surface area contributed by atoms with E-state index in [0.29, 0.717) is 30.2 Å². The summed E-state index contributed by atoms with van der Waals surface area (Å²) in [6.45, 7) is 6.17. The molecule has 7 aliphatic rings. The molecule has 9 rings (SSSR count). The monoisotopic (exact) mass is 879 g/mol. The number of halogens is 1. The molecule has 4 heterocycles. The fourth-order valence-corrected chi connectivity index (χ4v) is 11.2. The lowest BCUT2D eigenvalue weighted by molar-refractivity contribution is -0.154. The van der Waals surface area contributed by atoms with Crippen LogP contribution in [0.4, 0.5) is 5.95 Å². The Morgan fingerprint density at radius 2 is 1.32 bits per heavy atom. The molecule has 1 aromatic carbocycles. The number of likely N-dealkylation sites (tertiary alicyclic amines) is 1. The van der Waals surface area contributed by atoms with Crippen molar-refractivity contribution in [1.82, 2.24) is 20.2 Å². The Balaban J connectivity index is 0.000000138. The fourth-order valence-electron chi connectivity index (χ4n) is 11.0. The Morgan fingerprint density at radius 1 is 0.746 bits per heavy atom. The minimum atomic E-state index is -0.342. The molecule has 6 atom stereocenters. The van der Waals surface area contributed by atoms with Gasteiger partial charge >= 0.3 is 23.9 Å². The van der Waals surface area contributed by atoms with Crippen molar-refractivity contribution in [2.75, 3.05) is 72.6 Å². The predicted molar refractivity (Wildman–Crippen MR) is 226 cm³/mol. The van der Waals surface area contributed by atoms with E-state index >= 15 is 0 Å². The van der Waals surface area contributed by atoms with Gasteiger partial charge in [-0.1, -0.05) is 55.7 Å². The zero-order valence-electron chi connectivity index (χ0n) is 35.2. The van der Waals surface area contributed by atoms with E-state index in [-0.39, 0.29) is 40.1 Å². The van der Waals surface area contributed by atoms with Crippen LogP contribution in [0.1, 0.15) is 82.6 Å². The van der Waals surface area contributed by atoms with Gasteiger partial charge < -0.3 is 29.2 Å². The lowest BCUT2D eigenvalue weighted by Crippen LogP contribution is -2.37. The van der Waals surface area contributed by atoms with Gasteiger partial charge in [0.25, 0.3) is 0 Å². The molecule has 4 aliphatic carbocycles. The first kappa shape index (κ1) is 44.7. The van der Waals surface area contributed by atoms with Crippen LogP contribution in [0.2, 0.25) is 0 Å². The van der Waals surface area contributed by atoms with E-state index in [4.69, 9.17) is 14.2 Å². The zero-order chi connectivity index (χ0) is 42.0. The highest BCUT2D eigenvalue weighted by atomic mass is 79.9. The molecule has 1 N–H and O–H groups in total. The van der Waals surface area contributed by atoms with E-state index in [1.54, 1.807) is 12.4 Å². The lowest BCUT2D eigenvalue weighted by atomic mass is 9.81. The number of ether oxygens (including phenoxy) is 4. The maximum atomic E-state index is 12.2. The molecule has 6 fully saturated rings. The highest BCUT2D eigenvalue weighted by molar-refractivity contribution is 9.10. The summed E-state index contributed by atoms with van der Waals surface area (Å²) in [6, 6.07) is 10.5. The second-order valence-corrected chi connectivity index (χ2v) is 18.1. The molecule has 322 valence electrons. The topological polar surface area (TPSA) is 149 Å². The molecule has 3 saturated heterocycles. The first-order valence-electron chi connectivity index (χ1n) is 21.3. The van der Waals surface area contributed by atoms with Crippen LogP contribution in [-0.4, -0.2) is 106 Å². The van der Waals surface area contributed by atoms with Crippen LogP contribution in [0.15, 0.2) is 58.8 Å². The van der Waals surface area contributed by atoms with Gasteiger partial charge in [-0.15, -0.1) is 0 Å². The van der Waals surface area contributed by atoms with Crippen LogP contribution in [0.5, 0.6) is 0 Å². The normalized spacial score (nSPS) is 29.9. The van der Waals surface area contributed by atoms with Crippen molar-refractivity contribution < 1.29 is 38.1 Å². The number of benzene rings is 1. The van der Waals surface area contributed by atoms with Crippen molar-refractivity contribution in [2.45, 2.75) is 83.6 Å². The third kappa shape index (κ3) is 9.70. The number of methoxy groups -OCH3 is 4. The summed E-state index contributed by atoms with van der Waals surface area (Å²) < 4.78 is 20.3. The van der Waals surface area contributed by atoms with Gasteiger partial charge in [0, 0.05) is 57.2 Å². The Hall–Kier alpha value is -3.88. The Kier molecular flexibility index (Phi) is 15.2. The minimum absolute atomic E-state index is 0.00463. The molecule has 0 amide bonds. The third-order valence-corrected chi connectivity index (χ3v) is 14.4. The number of aromatic nitrogens is 2. The van der Waals surface area contributed by atoms with Gasteiger partial charge in [0.2, 0.25) is 5.95 Å². The summed E-state index contributed by atoms with van der Waals surface area (Å²) in [5.74, 6) is 1.85. The summed E-state index contributed by atoms with van der Waals surface area (Å²) in [7, 11) is 5.91. The predicted octanol–water partition coefficient (Wildman–Crippen LogP) is 6.30. The second-order valence-electron chi connectivity index (χ2n) is 17.2. The maximum Gasteiger partial charge on any atom is 0.333 e. The second kappa shape index (κ2) is 20.1. The molecule has 59 heavy (non-hydrogen) atoms. The van der Waals surface area contributed by atoms with Gasteiger partial charge in [-0.05, 0) is 104 Å². The van der Waals surface area contributed by atoms with E-state index in [2.05, 4.69) is 70.0 Å². The quantitative estimate of drug-likeness (QED) is 0.245. The van der Waals surface area contributed by atoms with Gasteiger partial charge in [-0.25, -0.2) is 14.8 Å². The number of hydrogen-bond donors (Lipinski definition) is 1. The van der Waals surface area contributed by atoms with Crippen LogP contribution in [-0.2, 0) is 44.7 Å². The standard InChI is InChI=1S/C16H21NO2.C13H16BrN3O2.C9H15NO2.C7H10O2/c1-19-15(18)16-9-5-8-14(16)11-17(12-16)10-13-6-3-2-4-7-13;1-19-11(18)13-4-2-3-9(13)7-17(8-13)12-15-5-10(14)6-16-12;1-12-8(11)9-4-2-3-7(9)5-10-6-9;1-9-7(8)6-4-2-3-5-6/h2-4,6-7,14H,5,8-12H2,1H3;5-6,9H,2-4,7-8H2,1H3;7,10H,2-6H2,1H3;4H,2-3,5H2,1H3. The van der Waals surface area contributed by atoms with Crippen molar-refractivity contribution in [3.05, 3.63) is 64.4 Å². The summed E-state index contributed by atoms with van der Waals surface area (Å²) in [5.41, 5.74) is 1.45. The highest BCUT2D eigenvalue weighted by Crippen LogP contribution is 2.51. The molecule has 14 heteroatoms. The summed E-state index contributed by atoms with van der Waals surface area (Å²) in [6.07, 6.45) is 18.3. The highest BCUT2D eigenvalue weighted by Gasteiger charge is 2.57.